The molecule has 1 rings (SSSR count). The van der Waals surface area contributed by atoms with Gasteiger partial charge >= 0.3 is 0 Å². The van der Waals surface area contributed by atoms with Gasteiger partial charge in [-0.15, -0.1) is 5.10 Å². The van der Waals surface area contributed by atoms with E-state index < -0.39 is 0 Å². The zero-order valence-corrected chi connectivity index (χ0v) is 9.68. The summed E-state index contributed by atoms with van der Waals surface area (Å²) in [7, 11) is 1.88. The summed E-state index contributed by atoms with van der Waals surface area (Å²) in [4.78, 5) is 0. The summed E-state index contributed by atoms with van der Waals surface area (Å²) in [6.07, 6.45) is 6.61. The van der Waals surface area contributed by atoms with E-state index in [4.69, 9.17) is 0 Å². The topological polar surface area (TPSA) is 42.7 Å². The molecule has 0 aliphatic rings. The molecule has 0 saturated carbocycles. The van der Waals surface area contributed by atoms with Gasteiger partial charge in [0.05, 0.1) is 5.69 Å². The van der Waals surface area contributed by atoms with Gasteiger partial charge in [0.25, 0.3) is 0 Å². The van der Waals surface area contributed by atoms with E-state index in [-0.39, 0.29) is 0 Å². The number of unbranched alkanes of at least 4 members (excludes halogenated alkanes) is 1. The van der Waals surface area contributed by atoms with Gasteiger partial charge in [0, 0.05) is 19.8 Å². The summed E-state index contributed by atoms with van der Waals surface area (Å²) in [6, 6.07) is 0. The first-order valence-electron chi connectivity index (χ1n) is 4.88. The molecule has 0 radical (unpaired) electrons. The first kappa shape index (κ1) is 11.5. The number of nitrogens with zero attached hydrogens (tertiary/aromatic N) is 3. The molecule has 0 spiro atoms. The Morgan fingerprint density at radius 3 is 3.00 bits per heavy atom. The molecule has 80 valence electrons. The highest BCUT2D eigenvalue weighted by molar-refractivity contribution is 7.98. The minimum atomic E-state index is 0.826. The van der Waals surface area contributed by atoms with Crippen LogP contribution in [0.5, 0.6) is 0 Å². The van der Waals surface area contributed by atoms with Crippen molar-refractivity contribution in [2.45, 2.75) is 19.4 Å². The highest BCUT2D eigenvalue weighted by atomic mass is 32.2. The molecule has 1 aromatic rings. The van der Waals surface area contributed by atoms with Crippen LogP contribution in [0.4, 0.5) is 0 Å². The van der Waals surface area contributed by atoms with Gasteiger partial charge in [0.2, 0.25) is 0 Å². The smallest absolute Gasteiger partial charge is 0.0964 e. The lowest BCUT2D eigenvalue weighted by Gasteiger charge is -2.00. The second-order valence-electron chi connectivity index (χ2n) is 3.26. The molecule has 5 heteroatoms. The summed E-state index contributed by atoms with van der Waals surface area (Å²) in [5, 5.41) is 11.2. The SMILES string of the molecule is CSCCCCNCc1cn(C)nn1. The van der Waals surface area contributed by atoms with E-state index in [2.05, 4.69) is 21.9 Å². The number of hydrogen-bond acceptors (Lipinski definition) is 4. The van der Waals surface area contributed by atoms with Crippen LogP contribution >= 0.6 is 11.8 Å². The van der Waals surface area contributed by atoms with Gasteiger partial charge in [-0.25, -0.2) is 0 Å². The molecule has 14 heavy (non-hydrogen) atoms. The lowest BCUT2D eigenvalue weighted by Crippen LogP contribution is -2.15. The van der Waals surface area contributed by atoms with E-state index in [1.54, 1.807) is 4.68 Å². The van der Waals surface area contributed by atoms with E-state index >= 15 is 0 Å². The summed E-state index contributed by atoms with van der Waals surface area (Å²) in [5.41, 5.74) is 1.01. The van der Waals surface area contributed by atoms with E-state index in [1.165, 1.54) is 18.6 Å². The van der Waals surface area contributed by atoms with Crippen molar-refractivity contribution < 1.29 is 0 Å². The first-order valence-corrected chi connectivity index (χ1v) is 6.27. The Kier molecular flexibility index (Phi) is 5.63. The van der Waals surface area contributed by atoms with Gasteiger partial charge in [0.1, 0.15) is 0 Å². The molecular formula is C9H18N4S. The average Bonchev–Trinajstić information content (AvgIpc) is 2.58. The van der Waals surface area contributed by atoms with Crippen molar-refractivity contribution in [3.05, 3.63) is 11.9 Å². The van der Waals surface area contributed by atoms with Crippen molar-refractivity contribution in [3.8, 4) is 0 Å². The molecule has 0 fully saturated rings. The Labute approximate surface area is 89.5 Å². The van der Waals surface area contributed by atoms with Crippen molar-refractivity contribution in [1.29, 1.82) is 0 Å². The van der Waals surface area contributed by atoms with E-state index in [9.17, 15) is 0 Å². The van der Waals surface area contributed by atoms with Gasteiger partial charge in [-0.1, -0.05) is 5.21 Å². The lowest BCUT2D eigenvalue weighted by atomic mass is 10.3. The number of hydrogen-bond donors (Lipinski definition) is 1. The maximum atomic E-state index is 4.00. The number of nitrogens with one attached hydrogen (secondary N) is 1. The van der Waals surface area contributed by atoms with Crippen molar-refractivity contribution in [1.82, 2.24) is 20.3 Å². The molecule has 0 aromatic carbocycles. The van der Waals surface area contributed by atoms with Crippen molar-refractivity contribution in [3.63, 3.8) is 0 Å². The number of rotatable bonds is 7. The molecule has 1 heterocycles. The van der Waals surface area contributed by atoms with Gasteiger partial charge in [0.15, 0.2) is 0 Å². The monoisotopic (exact) mass is 214 g/mol. The zero-order chi connectivity index (χ0) is 10.2. The predicted molar refractivity (Wildman–Crippen MR) is 60.3 cm³/mol. The predicted octanol–water partition coefficient (Wildman–Crippen LogP) is 1.05. The van der Waals surface area contributed by atoms with Crippen LogP contribution in [0.15, 0.2) is 6.20 Å². The van der Waals surface area contributed by atoms with Crippen molar-refractivity contribution in [2.75, 3.05) is 18.6 Å². The fourth-order valence-electron chi connectivity index (χ4n) is 1.19. The number of thioether (sulfide) groups is 1. The van der Waals surface area contributed by atoms with E-state index in [0.29, 0.717) is 0 Å². The van der Waals surface area contributed by atoms with Gasteiger partial charge < -0.3 is 5.32 Å². The summed E-state index contributed by atoms with van der Waals surface area (Å²) < 4.78 is 1.73. The van der Waals surface area contributed by atoms with Gasteiger partial charge in [-0.3, -0.25) is 4.68 Å². The van der Waals surface area contributed by atoms with Crippen LogP contribution in [0.3, 0.4) is 0 Å². The third kappa shape index (κ3) is 4.62. The van der Waals surface area contributed by atoms with Crippen molar-refractivity contribution in [2.24, 2.45) is 7.05 Å². The highest BCUT2D eigenvalue weighted by Gasteiger charge is 1.96. The van der Waals surface area contributed by atoms with Crippen LogP contribution < -0.4 is 5.32 Å². The second-order valence-corrected chi connectivity index (χ2v) is 4.25. The molecular weight excluding hydrogens is 196 g/mol. The third-order valence-corrected chi connectivity index (χ3v) is 2.61. The summed E-state index contributed by atoms with van der Waals surface area (Å²) >= 11 is 1.91. The minimum Gasteiger partial charge on any atom is -0.311 e. The molecule has 0 amide bonds. The van der Waals surface area contributed by atoms with Crippen LogP contribution in [0.2, 0.25) is 0 Å². The Morgan fingerprint density at radius 2 is 2.36 bits per heavy atom. The zero-order valence-electron chi connectivity index (χ0n) is 8.86. The normalized spacial score (nSPS) is 10.7. The van der Waals surface area contributed by atoms with E-state index in [0.717, 1.165) is 18.8 Å². The van der Waals surface area contributed by atoms with Crippen LogP contribution in [0, 0.1) is 0 Å². The molecule has 0 aliphatic heterocycles. The summed E-state index contributed by atoms with van der Waals surface area (Å²) in [6.45, 7) is 1.89. The maximum Gasteiger partial charge on any atom is 0.0964 e. The Hall–Kier alpha value is -0.550. The van der Waals surface area contributed by atoms with Crippen molar-refractivity contribution >= 4 is 11.8 Å². The Balaban J connectivity index is 1.99. The Morgan fingerprint density at radius 1 is 1.50 bits per heavy atom. The largest absolute Gasteiger partial charge is 0.311 e. The van der Waals surface area contributed by atoms with Crippen LogP contribution in [-0.2, 0) is 13.6 Å². The fraction of sp³-hybridized carbons (Fsp3) is 0.778. The molecule has 4 nitrogen and oxygen atoms in total. The highest BCUT2D eigenvalue weighted by Crippen LogP contribution is 1.98. The molecule has 0 aliphatic carbocycles. The average molecular weight is 214 g/mol. The van der Waals surface area contributed by atoms with E-state index in [1.807, 2.05) is 25.0 Å². The fourth-order valence-corrected chi connectivity index (χ4v) is 1.68. The van der Waals surface area contributed by atoms with Crippen LogP contribution in [0.1, 0.15) is 18.5 Å². The van der Waals surface area contributed by atoms with Gasteiger partial charge in [-0.2, -0.15) is 11.8 Å². The first-order chi connectivity index (χ1) is 6.83. The minimum absolute atomic E-state index is 0.826. The van der Waals surface area contributed by atoms with Gasteiger partial charge in [-0.05, 0) is 31.4 Å². The summed E-state index contributed by atoms with van der Waals surface area (Å²) in [5.74, 6) is 1.26. The number of aromatic nitrogens is 3. The molecule has 1 aromatic heterocycles. The molecule has 0 atom stereocenters. The Bertz CT molecular complexity index is 249. The van der Waals surface area contributed by atoms with Crippen LogP contribution in [-0.4, -0.2) is 33.5 Å². The number of aryl methyl sites for hydroxylation is 1. The lowest BCUT2D eigenvalue weighted by molar-refractivity contribution is 0.634. The standard InChI is InChI=1S/C9H18N4S/c1-13-8-9(11-12-13)7-10-5-3-4-6-14-2/h8,10H,3-7H2,1-2H3. The second kappa shape index (κ2) is 6.84. The quantitative estimate of drug-likeness (QED) is 0.689. The molecule has 0 unspecified atom stereocenters. The third-order valence-electron chi connectivity index (χ3n) is 1.91. The molecule has 1 N–H and O–H groups in total. The molecule has 0 saturated heterocycles. The van der Waals surface area contributed by atoms with Crippen LogP contribution in [0.25, 0.3) is 0 Å². The maximum absolute atomic E-state index is 4.00. The molecule has 0 bridgehead atoms.